The van der Waals surface area contributed by atoms with Gasteiger partial charge in [-0.1, -0.05) is 72.3 Å². The van der Waals surface area contributed by atoms with Crippen molar-refractivity contribution < 1.29 is 14.6 Å². The number of hydrogen-bond donors (Lipinski definition) is 1. The zero-order valence-corrected chi connectivity index (χ0v) is 20.5. The van der Waals surface area contributed by atoms with E-state index in [9.17, 15) is 9.90 Å². The fraction of sp³-hybridized carbons (Fsp3) is 0.387. The van der Waals surface area contributed by atoms with E-state index in [-0.39, 0.29) is 24.1 Å². The van der Waals surface area contributed by atoms with Crippen LogP contribution in [0.15, 0.2) is 66.7 Å². The first-order valence-electron chi connectivity index (χ1n) is 12.9. The number of piperidine rings is 2. The van der Waals surface area contributed by atoms with Gasteiger partial charge >= 0.3 is 6.09 Å². The lowest BCUT2D eigenvalue weighted by Crippen LogP contribution is -2.59. The van der Waals surface area contributed by atoms with Gasteiger partial charge in [0.15, 0.2) is 0 Å². The van der Waals surface area contributed by atoms with E-state index in [2.05, 4.69) is 80.6 Å². The first-order valence-corrected chi connectivity index (χ1v) is 12.9. The van der Waals surface area contributed by atoms with E-state index in [0.717, 1.165) is 30.4 Å². The van der Waals surface area contributed by atoms with E-state index >= 15 is 0 Å². The molecule has 35 heavy (non-hydrogen) atoms. The van der Waals surface area contributed by atoms with Crippen LogP contribution in [0.1, 0.15) is 65.8 Å². The Morgan fingerprint density at radius 1 is 0.943 bits per heavy atom. The molecule has 3 aliphatic rings. The molecule has 1 aliphatic carbocycles. The van der Waals surface area contributed by atoms with Crippen LogP contribution in [-0.4, -0.2) is 34.8 Å². The predicted octanol–water partition coefficient (Wildman–Crippen LogP) is 6.46. The quantitative estimate of drug-likeness (QED) is 0.481. The Morgan fingerprint density at radius 3 is 2.14 bits per heavy atom. The number of carbonyl (C=O) groups is 1. The van der Waals surface area contributed by atoms with Gasteiger partial charge in [0.1, 0.15) is 6.61 Å². The highest BCUT2D eigenvalue weighted by Crippen LogP contribution is 2.47. The average molecular weight is 468 g/mol. The molecular weight excluding hydrogens is 434 g/mol. The van der Waals surface area contributed by atoms with Crippen LogP contribution in [0.4, 0.5) is 4.79 Å². The van der Waals surface area contributed by atoms with Crippen LogP contribution in [0.5, 0.6) is 0 Å². The van der Waals surface area contributed by atoms with E-state index in [0.29, 0.717) is 19.4 Å². The van der Waals surface area contributed by atoms with Crippen LogP contribution in [0.3, 0.4) is 0 Å². The van der Waals surface area contributed by atoms with Crippen molar-refractivity contribution in [3.8, 4) is 11.1 Å². The number of aliphatic hydroxyl groups is 1. The van der Waals surface area contributed by atoms with Crippen molar-refractivity contribution in [2.75, 3.05) is 6.61 Å². The molecule has 2 unspecified atom stereocenters. The number of amides is 1. The summed E-state index contributed by atoms with van der Waals surface area (Å²) < 4.78 is 6.03. The van der Waals surface area contributed by atoms with Crippen molar-refractivity contribution in [1.29, 1.82) is 0 Å². The van der Waals surface area contributed by atoms with Gasteiger partial charge in [0.2, 0.25) is 0 Å². The Morgan fingerprint density at radius 2 is 1.54 bits per heavy atom. The molecule has 2 bridgehead atoms. The number of nitrogens with zero attached hydrogens (tertiary/aromatic N) is 1. The van der Waals surface area contributed by atoms with Crippen molar-refractivity contribution in [3.63, 3.8) is 0 Å². The molecule has 0 radical (unpaired) electrons. The summed E-state index contributed by atoms with van der Waals surface area (Å²) >= 11 is 0. The maximum Gasteiger partial charge on any atom is 0.410 e. The summed E-state index contributed by atoms with van der Waals surface area (Å²) in [5.74, 6) is 0.0584. The molecule has 4 nitrogen and oxygen atoms in total. The third-order valence-corrected chi connectivity index (χ3v) is 8.44. The van der Waals surface area contributed by atoms with Crippen LogP contribution >= 0.6 is 0 Å². The summed E-state index contributed by atoms with van der Waals surface area (Å²) in [4.78, 5) is 15.4. The molecule has 3 aromatic carbocycles. The SMILES string of the molecule is Cc1ccc(C2(O)CC3CCCC(C2)N3C(=O)OCC2c3ccccc3-c3ccccc32)c(C)c1. The number of aryl methyl sites for hydroxylation is 2. The highest BCUT2D eigenvalue weighted by atomic mass is 16.6. The van der Waals surface area contributed by atoms with Gasteiger partial charge in [-0.05, 0) is 66.5 Å². The molecule has 2 fully saturated rings. The number of hydrogen-bond acceptors (Lipinski definition) is 3. The molecule has 180 valence electrons. The maximum absolute atomic E-state index is 13.5. The van der Waals surface area contributed by atoms with E-state index < -0.39 is 5.60 Å². The summed E-state index contributed by atoms with van der Waals surface area (Å²) in [5.41, 5.74) is 7.36. The second-order valence-corrected chi connectivity index (χ2v) is 10.7. The Labute approximate surface area is 207 Å². The second kappa shape index (κ2) is 8.53. The molecule has 4 heteroatoms. The Balaban J connectivity index is 1.21. The van der Waals surface area contributed by atoms with Gasteiger partial charge in [0.05, 0.1) is 5.60 Å². The molecule has 1 N–H and O–H groups in total. The maximum atomic E-state index is 13.5. The fourth-order valence-electron chi connectivity index (χ4n) is 6.95. The van der Waals surface area contributed by atoms with E-state index in [1.54, 1.807) is 0 Å². The zero-order chi connectivity index (χ0) is 24.2. The molecule has 0 saturated carbocycles. The molecule has 2 heterocycles. The van der Waals surface area contributed by atoms with E-state index in [4.69, 9.17) is 4.74 Å². The number of carbonyl (C=O) groups excluding carboxylic acids is 1. The van der Waals surface area contributed by atoms with Gasteiger partial charge in [-0.3, -0.25) is 0 Å². The van der Waals surface area contributed by atoms with Crippen molar-refractivity contribution in [3.05, 3.63) is 94.5 Å². The van der Waals surface area contributed by atoms with Crippen molar-refractivity contribution in [2.45, 2.75) is 69.6 Å². The summed E-state index contributed by atoms with van der Waals surface area (Å²) in [7, 11) is 0. The van der Waals surface area contributed by atoms with E-state index in [1.807, 2.05) is 4.90 Å². The number of rotatable bonds is 3. The van der Waals surface area contributed by atoms with Gasteiger partial charge in [-0.25, -0.2) is 4.79 Å². The minimum atomic E-state index is -0.895. The van der Waals surface area contributed by atoms with Crippen LogP contribution < -0.4 is 0 Å². The minimum absolute atomic E-state index is 0.00357. The van der Waals surface area contributed by atoms with Gasteiger partial charge in [-0.2, -0.15) is 0 Å². The van der Waals surface area contributed by atoms with Crippen molar-refractivity contribution in [1.82, 2.24) is 4.90 Å². The monoisotopic (exact) mass is 467 g/mol. The molecule has 1 amide bonds. The van der Waals surface area contributed by atoms with E-state index in [1.165, 1.54) is 27.8 Å². The smallest absolute Gasteiger partial charge is 0.410 e. The van der Waals surface area contributed by atoms with Gasteiger partial charge in [-0.15, -0.1) is 0 Å². The lowest BCUT2D eigenvalue weighted by atomic mass is 9.71. The van der Waals surface area contributed by atoms with Gasteiger partial charge < -0.3 is 14.7 Å². The topological polar surface area (TPSA) is 49.8 Å². The standard InChI is InChI=1S/C31H33NO3/c1-20-14-15-29(21(2)16-20)31(34)17-22-8-7-9-23(18-31)32(22)30(33)35-19-28-26-12-5-3-10-24(26)25-11-4-6-13-27(25)28/h3-6,10-16,22-23,28,34H,7-9,17-19H2,1-2H3. The first kappa shape index (κ1) is 22.4. The number of fused-ring (bicyclic) bond motifs is 5. The Hall–Kier alpha value is -3.11. The molecule has 2 aliphatic heterocycles. The number of ether oxygens (including phenoxy) is 1. The van der Waals surface area contributed by atoms with Crippen LogP contribution in [0.25, 0.3) is 11.1 Å². The predicted molar refractivity (Wildman–Crippen MR) is 137 cm³/mol. The highest BCUT2D eigenvalue weighted by molar-refractivity contribution is 5.79. The summed E-state index contributed by atoms with van der Waals surface area (Å²) in [5, 5.41) is 11.8. The molecular formula is C31H33NO3. The molecule has 3 aromatic rings. The molecule has 2 saturated heterocycles. The Bertz CT molecular complexity index is 1220. The second-order valence-electron chi connectivity index (χ2n) is 10.7. The molecule has 0 spiro atoms. The summed E-state index contributed by atoms with van der Waals surface area (Å²) in [6.45, 7) is 4.49. The van der Waals surface area contributed by atoms with Crippen molar-refractivity contribution in [2.24, 2.45) is 0 Å². The Kier molecular flexibility index (Phi) is 5.45. The van der Waals surface area contributed by atoms with Gasteiger partial charge in [0, 0.05) is 30.8 Å². The van der Waals surface area contributed by atoms with Crippen LogP contribution in [0.2, 0.25) is 0 Å². The molecule has 0 aromatic heterocycles. The van der Waals surface area contributed by atoms with Crippen LogP contribution in [-0.2, 0) is 10.3 Å². The van der Waals surface area contributed by atoms with Gasteiger partial charge in [0.25, 0.3) is 0 Å². The first-order chi connectivity index (χ1) is 16.9. The van der Waals surface area contributed by atoms with Crippen LogP contribution in [0, 0.1) is 13.8 Å². The third kappa shape index (κ3) is 3.75. The average Bonchev–Trinajstić information content (AvgIpc) is 3.15. The highest BCUT2D eigenvalue weighted by Gasteiger charge is 2.49. The lowest BCUT2D eigenvalue weighted by Gasteiger charge is -2.51. The normalized spacial score (nSPS) is 25.2. The largest absolute Gasteiger partial charge is 0.448 e. The zero-order valence-electron chi connectivity index (χ0n) is 20.5. The minimum Gasteiger partial charge on any atom is -0.448 e. The summed E-state index contributed by atoms with van der Waals surface area (Å²) in [6, 6.07) is 23.1. The summed E-state index contributed by atoms with van der Waals surface area (Å²) in [6.07, 6.45) is 3.81. The fourth-order valence-corrected chi connectivity index (χ4v) is 6.95. The molecule has 6 rings (SSSR count). The lowest BCUT2D eigenvalue weighted by molar-refractivity contribution is -0.0893. The van der Waals surface area contributed by atoms with Crippen molar-refractivity contribution >= 4 is 6.09 Å². The molecule has 2 atom stereocenters. The third-order valence-electron chi connectivity index (χ3n) is 8.44. The number of benzene rings is 3.